The largest absolute Gasteiger partial charge is 0.444 e. The lowest BCUT2D eigenvalue weighted by Crippen LogP contribution is -2.51. The van der Waals surface area contributed by atoms with Crippen LogP contribution in [-0.2, 0) is 29.5 Å². The van der Waals surface area contributed by atoms with E-state index in [0.29, 0.717) is 12.2 Å². The lowest BCUT2D eigenvalue weighted by Gasteiger charge is -2.29. The third-order valence-corrected chi connectivity index (χ3v) is 6.42. The molecule has 0 bridgehead atoms. The Morgan fingerprint density at radius 3 is 2.54 bits per heavy atom. The number of anilines is 1. The van der Waals surface area contributed by atoms with E-state index in [1.165, 1.54) is 22.7 Å². The molecule has 2 aliphatic heterocycles. The monoisotopic (exact) mass is 519 g/mol. The first-order valence-corrected chi connectivity index (χ1v) is 12.4. The summed E-state index contributed by atoms with van der Waals surface area (Å²) in [4.78, 5) is 65.0. The molecule has 2 aliphatic rings. The second-order valence-corrected chi connectivity index (χ2v) is 11.1. The van der Waals surface area contributed by atoms with Crippen molar-refractivity contribution in [1.29, 1.82) is 0 Å². The molecule has 1 saturated heterocycles. The molecular formula is C24H37N7O6. The zero-order valence-electron chi connectivity index (χ0n) is 22.2. The van der Waals surface area contributed by atoms with Gasteiger partial charge in [0.15, 0.2) is 5.54 Å². The molecule has 0 radical (unpaired) electrons. The van der Waals surface area contributed by atoms with Crippen molar-refractivity contribution in [2.75, 3.05) is 18.4 Å². The van der Waals surface area contributed by atoms with Crippen LogP contribution in [0.2, 0.25) is 0 Å². The molecule has 13 nitrogen and oxygen atoms in total. The van der Waals surface area contributed by atoms with Gasteiger partial charge in [0.05, 0.1) is 18.7 Å². The molecule has 1 spiro atoms. The van der Waals surface area contributed by atoms with Crippen LogP contribution in [0.5, 0.6) is 0 Å². The Hall–Kier alpha value is -3.64. The van der Waals surface area contributed by atoms with Crippen molar-refractivity contribution >= 4 is 35.5 Å². The molecule has 3 heterocycles. The number of nitrogens with zero attached hydrogens (tertiary/aromatic N) is 3. The van der Waals surface area contributed by atoms with Crippen LogP contribution in [0.1, 0.15) is 54.4 Å². The van der Waals surface area contributed by atoms with Gasteiger partial charge in [-0.2, -0.15) is 5.10 Å². The molecule has 0 saturated carbocycles. The molecule has 1 aromatic heterocycles. The molecule has 3 unspecified atom stereocenters. The highest BCUT2D eigenvalue weighted by atomic mass is 16.6. The number of hydrogen-bond acceptors (Lipinski definition) is 7. The number of alkyl carbamates (subject to hydrolysis) is 1. The van der Waals surface area contributed by atoms with Crippen LogP contribution < -0.4 is 21.7 Å². The van der Waals surface area contributed by atoms with Crippen molar-refractivity contribution in [1.82, 2.24) is 25.3 Å². The van der Waals surface area contributed by atoms with Gasteiger partial charge in [0, 0.05) is 19.0 Å². The van der Waals surface area contributed by atoms with E-state index in [1.54, 1.807) is 26.8 Å². The molecule has 4 atom stereocenters. The first kappa shape index (κ1) is 27.9. The highest BCUT2D eigenvalue weighted by Gasteiger charge is 2.58. The molecule has 1 fully saturated rings. The normalized spacial score (nSPS) is 22.4. The molecular weight excluding hydrogens is 482 g/mol. The topological polar surface area (TPSA) is 178 Å². The standard InChI is InChI=1S/C24H37N7O6/c1-13(2)9-15(11-26-19(33)14(3)28-22(36)37-23(4,5)6)20(34)30-12-24(10-16(30)18(25)32)21(35)29-17-7-8-27-31(17)24/h7-8,13-16H,9-12H2,1-6H3,(H2,25,32)(H,26,33)(H,28,36)(H,29,35)/t14?,15?,16-,24?/m0/s1. The lowest BCUT2D eigenvalue weighted by molar-refractivity contribution is -0.141. The van der Waals surface area contributed by atoms with Crippen LogP contribution in [-0.4, -0.2) is 75.2 Å². The van der Waals surface area contributed by atoms with Gasteiger partial charge < -0.3 is 31.3 Å². The van der Waals surface area contributed by atoms with Gasteiger partial charge in [-0.3, -0.25) is 19.2 Å². The number of fused-ring (bicyclic) bond motifs is 2. The minimum atomic E-state index is -1.23. The van der Waals surface area contributed by atoms with Gasteiger partial charge in [-0.05, 0) is 40.0 Å². The van der Waals surface area contributed by atoms with E-state index in [0.717, 1.165) is 0 Å². The van der Waals surface area contributed by atoms with Gasteiger partial charge in [0.1, 0.15) is 23.5 Å². The van der Waals surface area contributed by atoms with Crippen molar-refractivity contribution in [3.63, 3.8) is 0 Å². The van der Waals surface area contributed by atoms with Gasteiger partial charge >= 0.3 is 6.09 Å². The van der Waals surface area contributed by atoms with E-state index < -0.39 is 53.0 Å². The van der Waals surface area contributed by atoms with Crippen LogP contribution in [0.15, 0.2) is 12.3 Å². The number of ether oxygens (including phenoxy) is 1. The Bertz CT molecular complexity index is 1080. The maximum atomic E-state index is 13.7. The van der Waals surface area contributed by atoms with Crippen molar-refractivity contribution < 1.29 is 28.7 Å². The zero-order valence-corrected chi connectivity index (χ0v) is 22.2. The highest BCUT2D eigenvalue weighted by molar-refractivity contribution is 6.02. The van der Waals surface area contributed by atoms with E-state index in [9.17, 15) is 24.0 Å². The summed E-state index contributed by atoms with van der Waals surface area (Å²) in [6, 6.07) is -0.273. The number of likely N-dealkylation sites (tertiary alicyclic amines) is 1. The summed E-state index contributed by atoms with van der Waals surface area (Å²) < 4.78 is 6.68. The summed E-state index contributed by atoms with van der Waals surface area (Å²) in [6.45, 7) is 10.4. The van der Waals surface area contributed by atoms with Gasteiger partial charge in [-0.1, -0.05) is 13.8 Å². The SMILES string of the molecule is CC(C)CC(CNC(=O)C(C)NC(=O)OC(C)(C)C)C(=O)N1CC2(C[C@H]1C(N)=O)C(=O)Nc1ccnn12. The molecule has 13 heteroatoms. The first-order chi connectivity index (χ1) is 17.1. The molecule has 3 rings (SSSR count). The Morgan fingerprint density at radius 1 is 1.27 bits per heavy atom. The Balaban J connectivity index is 1.73. The molecule has 5 amide bonds. The van der Waals surface area contributed by atoms with Gasteiger partial charge in [-0.25, -0.2) is 9.48 Å². The first-order valence-electron chi connectivity index (χ1n) is 12.4. The van der Waals surface area contributed by atoms with Gasteiger partial charge in [-0.15, -0.1) is 0 Å². The van der Waals surface area contributed by atoms with E-state index in [4.69, 9.17) is 10.5 Å². The van der Waals surface area contributed by atoms with Gasteiger partial charge in [0.25, 0.3) is 5.91 Å². The fraction of sp³-hybridized carbons (Fsp3) is 0.667. The predicted octanol–water partition coefficient (Wildman–Crippen LogP) is 0.308. The average Bonchev–Trinajstić information content (AvgIpc) is 3.45. The van der Waals surface area contributed by atoms with Crippen LogP contribution in [0.4, 0.5) is 10.6 Å². The number of nitrogens with two attached hydrogens (primary N) is 1. The van der Waals surface area contributed by atoms with Crippen LogP contribution in [0.3, 0.4) is 0 Å². The Labute approximate surface area is 215 Å². The number of hydrogen-bond donors (Lipinski definition) is 4. The molecule has 204 valence electrons. The van der Waals surface area contributed by atoms with Gasteiger partial charge in [0.2, 0.25) is 17.7 Å². The fourth-order valence-electron chi connectivity index (χ4n) is 4.76. The number of rotatable bonds is 8. The molecule has 5 N–H and O–H groups in total. The zero-order chi connectivity index (χ0) is 27.7. The van der Waals surface area contributed by atoms with Crippen molar-refractivity contribution in [2.45, 2.75) is 77.6 Å². The molecule has 37 heavy (non-hydrogen) atoms. The van der Waals surface area contributed by atoms with Crippen molar-refractivity contribution in [2.24, 2.45) is 17.6 Å². The number of aromatic nitrogens is 2. The third-order valence-electron chi connectivity index (χ3n) is 6.42. The van der Waals surface area contributed by atoms with Crippen LogP contribution >= 0.6 is 0 Å². The summed E-state index contributed by atoms with van der Waals surface area (Å²) in [7, 11) is 0. The minimum Gasteiger partial charge on any atom is -0.444 e. The summed E-state index contributed by atoms with van der Waals surface area (Å²) in [5, 5.41) is 12.2. The van der Waals surface area contributed by atoms with Crippen LogP contribution in [0.25, 0.3) is 0 Å². The second-order valence-electron chi connectivity index (χ2n) is 11.1. The number of primary amides is 1. The summed E-state index contributed by atoms with van der Waals surface area (Å²) in [5.74, 6) is -2.06. The summed E-state index contributed by atoms with van der Waals surface area (Å²) >= 11 is 0. The van der Waals surface area contributed by atoms with E-state index in [2.05, 4.69) is 21.0 Å². The number of nitrogens with one attached hydrogen (secondary N) is 3. The smallest absolute Gasteiger partial charge is 0.408 e. The molecule has 1 aromatic rings. The number of amides is 5. The van der Waals surface area contributed by atoms with Crippen molar-refractivity contribution in [3.8, 4) is 0 Å². The van der Waals surface area contributed by atoms with Crippen LogP contribution in [0, 0.1) is 11.8 Å². The lowest BCUT2D eigenvalue weighted by atomic mass is 9.95. The van der Waals surface area contributed by atoms with Crippen molar-refractivity contribution in [3.05, 3.63) is 12.3 Å². The number of carbonyl (C=O) groups excluding carboxylic acids is 5. The van der Waals surface area contributed by atoms with E-state index in [-0.39, 0.29) is 31.3 Å². The summed E-state index contributed by atoms with van der Waals surface area (Å²) in [5.41, 5.74) is 3.71. The maximum Gasteiger partial charge on any atom is 0.408 e. The second kappa shape index (κ2) is 10.4. The fourth-order valence-corrected chi connectivity index (χ4v) is 4.76. The van der Waals surface area contributed by atoms with E-state index in [1.807, 2.05) is 13.8 Å². The number of carbonyl (C=O) groups is 5. The minimum absolute atomic E-state index is 0.00614. The predicted molar refractivity (Wildman–Crippen MR) is 133 cm³/mol. The average molecular weight is 520 g/mol. The quantitative estimate of drug-likeness (QED) is 0.382. The molecule has 0 aromatic carbocycles. The molecule has 0 aliphatic carbocycles. The highest BCUT2D eigenvalue weighted by Crippen LogP contribution is 2.41. The Morgan fingerprint density at radius 2 is 1.95 bits per heavy atom. The maximum absolute atomic E-state index is 13.7. The Kier molecular flexibility index (Phi) is 7.84. The third kappa shape index (κ3) is 6.03. The summed E-state index contributed by atoms with van der Waals surface area (Å²) in [6.07, 6.45) is 1.22. The van der Waals surface area contributed by atoms with E-state index >= 15 is 0 Å².